The lowest BCUT2D eigenvalue weighted by molar-refractivity contribution is 2.19. The van der Waals surface area contributed by atoms with Crippen molar-refractivity contribution >= 4 is 19.7 Å². The average molecular weight is 134 g/mol. The van der Waals surface area contributed by atoms with E-state index in [2.05, 4.69) is 30.8 Å². The van der Waals surface area contributed by atoms with E-state index in [0.29, 0.717) is 0 Å². The molecule has 0 aromatic heterocycles. The summed E-state index contributed by atoms with van der Waals surface area (Å²) in [5.41, 5.74) is 0. The molecule has 0 aliphatic rings. The van der Waals surface area contributed by atoms with Crippen LogP contribution in [0.15, 0.2) is 11.2 Å². The Bertz CT molecular complexity index is 59.1. The summed E-state index contributed by atoms with van der Waals surface area (Å²) in [5.74, 6) is 2.25. The lowest BCUT2D eigenvalue weighted by atomic mass is 11.2. The fraction of sp³-hybridized carbons (Fsp3) is 0.600. The molecule has 0 radical (unpaired) electrons. The van der Waals surface area contributed by atoms with Crippen LogP contribution in [0.3, 0.4) is 0 Å². The molecule has 2 heteroatoms. The summed E-state index contributed by atoms with van der Waals surface area (Å²) >= 11 is 1.77. The van der Waals surface area contributed by atoms with Crippen LogP contribution < -0.4 is 0 Å². The summed E-state index contributed by atoms with van der Waals surface area (Å²) in [5, 5.41) is 2.14. The molecule has 0 saturated heterocycles. The minimum atomic E-state index is 0.192. The van der Waals surface area contributed by atoms with Crippen molar-refractivity contribution < 1.29 is 0 Å². The van der Waals surface area contributed by atoms with E-state index < -0.39 is 0 Å². The molecule has 0 fully saturated rings. The second-order valence-electron chi connectivity index (χ2n) is 1.48. The van der Waals surface area contributed by atoms with Gasteiger partial charge in [0, 0.05) is 0 Å². The summed E-state index contributed by atoms with van der Waals surface area (Å²) in [6, 6.07) is 0. The zero-order valence-electron chi connectivity index (χ0n) is 5.01. The molecule has 0 aromatic carbocycles. The van der Waals surface area contributed by atoms with Gasteiger partial charge < -0.3 is 0 Å². The van der Waals surface area contributed by atoms with Crippen molar-refractivity contribution in [1.29, 1.82) is 0 Å². The van der Waals surface area contributed by atoms with Gasteiger partial charge in [0.2, 0.25) is 0 Å². The van der Waals surface area contributed by atoms with Crippen LogP contribution in [-0.2, 0) is 0 Å². The predicted molar refractivity (Wildman–Crippen MR) is 41.4 cm³/mol. The monoisotopic (exact) mass is 134 g/mol. The van der Waals surface area contributed by atoms with Gasteiger partial charge in [0.15, 0.2) is 0 Å². The summed E-state index contributed by atoms with van der Waals surface area (Å²) in [6.45, 7) is 4.48. The summed E-state index contributed by atoms with van der Waals surface area (Å²) < 4.78 is 0. The van der Waals surface area contributed by atoms with Gasteiger partial charge in [-0.05, 0) is 25.0 Å². The summed E-state index contributed by atoms with van der Waals surface area (Å²) in [4.78, 5) is 0. The van der Waals surface area contributed by atoms with Gasteiger partial charge in [-0.25, -0.2) is 0 Å². The molecule has 0 aliphatic carbocycles. The van der Waals surface area contributed by atoms with E-state index >= 15 is 0 Å². The van der Waals surface area contributed by atoms with Gasteiger partial charge in [-0.2, -0.15) is 0 Å². The Labute approximate surface area is 51.1 Å². The average Bonchev–Trinajstić information content (AvgIpc) is 1.61. The maximum atomic E-state index is 2.25. The predicted octanol–water partition coefficient (Wildman–Crippen LogP) is 2.56. The molecule has 0 amide bonds. The highest BCUT2D eigenvalue weighted by atomic mass is 32.2. The van der Waals surface area contributed by atoms with Gasteiger partial charge in [0.1, 0.15) is 0 Å². The molecule has 0 saturated carbocycles. The smallest absolute Gasteiger partial charge is 0.0142 e. The molecule has 0 rings (SSSR count). The normalized spacial score (nSPS) is 11.4. The van der Waals surface area contributed by atoms with Crippen LogP contribution in [0.5, 0.6) is 0 Å². The Hall–Kier alpha value is 0.520. The summed E-state index contributed by atoms with van der Waals surface area (Å²) in [7, 11) is 0.192. The lowest BCUT2D eigenvalue weighted by Crippen LogP contribution is -1.52. The molecule has 0 atom stereocenters. The van der Waals surface area contributed by atoms with Crippen molar-refractivity contribution in [1.82, 2.24) is 0 Å². The van der Waals surface area contributed by atoms with Crippen LogP contribution in [0.1, 0.15) is 0 Å². The fourth-order valence-electron chi connectivity index (χ4n) is 0.183. The lowest BCUT2D eigenvalue weighted by Gasteiger charge is -1.90. The first kappa shape index (κ1) is 7.52. The second kappa shape index (κ2) is 4.67. The quantitative estimate of drug-likeness (QED) is 0.523. The molecule has 0 N–H and O–H groups in total. The van der Waals surface area contributed by atoms with Gasteiger partial charge in [-0.1, -0.05) is 13.7 Å². The Morgan fingerprint density at radius 2 is 2.00 bits per heavy atom. The van der Waals surface area contributed by atoms with Crippen molar-refractivity contribution in [3.8, 4) is 0 Å². The molecule has 0 aliphatic heterocycles. The number of hydrogen-bond acceptors (Lipinski definition) is 1. The fourth-order valence-corrected chi connectivity index (χ4v) is 1.64. The number of hydrogen-bond donors (Lipinski definition) is 0. The highest BCUT2D eigenvalue weighted by molar-refractivity contribution is 8.01. The molecule has 0 nitrogen and oxygen atoms in total. The van der Waals surface area contributed by atoms with Crippen molar-refractivity contribution in [2.45, 2.75) is 0 Å². The minimum absolute atomic E-state index is 0.192. The van der Waals surface area contributed by atoms with E-state index in [1.165, 1.54) is 0 Å². The Kier molecular flexibility index (Phi) is 5.02. The number of thioether (sulfide) groups is 1. The van der Waals surface area contributed by atoms with Crippen molar-refractivity contribution in [2.24, 2.45) is 0 Å². The van der Waals surface area contributed by atoms with Crippen LogP contribution in [0, 0.1) is 0 Å². The molecule has 0 bridgehead atoms. The maximum absolute atomic E-state index is 2.25. The van der Waals surface area contributed by atoms with Crippen LogP contribution >= 0.6 is 19.7 Å². The highest BCUT2D eigenvalue weighted by Crippen LogP contribution is 2.26. The molecule has 0 spiro atoms. The molecular weight excluding hydrogens is 123 g/mol. The Morgan fingerprint density at radius 1 is 1.43 bits per heavy atom. The summed E-state index contributed by atoms with van der Waals surface area (Å²) in [6.07, 6.45) is 2.08. The van der Waals surface area contributed by atoms with Gasteiger partial charge in [-0.3, -0.25) is 0 Å². The third-order valence-electron chi connectivity index (χ3n) is 0.495. The SMILES string of the molecule is CS/C=C\P(C)C. The van der Waals surface area contributed by atoms with Crippen LogP contribution in [0.2, 0.25) is 0 Å². The van der Waals surface area contributed by atoms with Crippen LogP contribution in [0.4, 0.5) is 0 Å². The zero-order chi connectivity index (χ0) is 5.70. The Morgan fingerprint density at radius 3 is 2.14 bits per heavy atom. The van der Waals surface area contributed by atoms with Gasteiger partial charge in [-0.15, -0.1) is 11.8 Å². The van der Waals surface area contributed by atoms with Gasteiger partial charge >= 0.3 is 0 Å². The second-order valence-corrected chi connectivity index (χ2v) is 4.45. The van der Waals surface area contributed by atoms with Crippen molar-refractivity contribution in [3.63, 3.8) is 0 Å². The topological polar surface area (TPSA) is 0 Å². The van der Waals surface area contributed by atoms with Crippen LogP contribution in [-0.4, -0.2) is 19.6 Å². The van der Waals surface area contributed by atoms with E-state index in [9.17, 15) is 0 Å². The van der Waals surface area contributed by atoms with E-state index in [1.807, 2.05) is 0 Å². The molecular formula is C5H11PS. The van der Waals surface area contributed by atoms with Gasteiger partial charge in [0.05, 0.1) is 0 Å². The van der Waals surface area contributed by atoms with E-state index in [4.69, 9.17) is 0 Å². The molecule has 0 unspecified atom stereocenters. The first-order valence-electron chi connectivity index (χ1n) is 2.13. The molecule has 42 valence electrons. The van der Waals surface area contributed by atoms with E-state index in [0.717, 1.165) is 0 Å². The molecule has 0 heterocycles. The zero-order valence-corrected chi connectivity index (χ0v) is 6.72. The first-order valence-corrected chi connectivity index (χ1v) is 5.72. The molecule has 7 heavy (non-hydrogen) atoms. The third-order valence-corrected chi connectivity index (χ3v) is 1.85. The minimum Gasteiger partial charge on any atom is -0.138 e. The van der Waals surface area contributed by atoms with Crippen molar-refractivity contribution in [3.05, 3.63) is 11.2 Å². The van der Waals surface area contributed by atoms with Crippen LogP contribution in [0.25, 0.3) is 0 Å². The maximum Gasteiger partial charge on any atom is -0.0142 e. The first-order chi connectivity index (χ1) is 3.27. The third kappa shape index (κ3) is 6.52. The Balaban J connectivity index is 3.08. The van der Waals surface area contributed by atoms with Gasteiger partial charge in [0.25, 0.3) is 0 Å². The van der Waals surface area contributed by atoms with E-state index in [-0.39, 0.29) is 7.92 Å². The standard InChI is InChI=1S/C5H11PS/c1-6(2)4-5-7-3/h4-5H,1-3H3/b5-4-. The largest absolute Gasteiger partial charge is 0.138 e. The van der Waals surface area contributed by atoms with Crippen molar-refractivity contribution in [2.75, 3.05) is 19.6 Å². The highest BCUT2D eigenvalue weighted by Gasteiger charge is 1.77. The number of rotatable bonds is 2. The van der Waals surface area contributed by atoms with E-state index in [1.54, 1.807) is 11.8 Å². The molecule has 0 aromatic rings.